The molecule has 1 aliphatic rings. The van der Waals surface area contributed by atoms with Crippen molar-refractivity contribution in [3.63, 3.8) is 0 Å². The highest BCUT2D eigenvalue weighted by Gasteiger charge is 2.34. The van der Waals surface area contributed by atoms with E-state index >= 15 is 0 Å². The summed E-state index contributed by atoms with van der Waals surface area (Å²) in [6.07, 6.45) is 2.42. The highest BCUT2D eigenvalue weighted by Crippen LogP contribution is 2.45. The zero-order chi connectivity index (χ0) is 13.3. The van der Waals surface area contributed by atoms with Crippen molar-refractivity contribution in [2.75, 3.05) is 0 Å². The van der Waals surface area contributed by atoms with Gasteiger partial charge in [0.1, 0.15) is 0 Å². The van der Waals surface area contributed by atoms with Crippen LogP contribution in [0.4, 0.5) is 0 Å². The fourth-order valence-corrected chi connectivity index (χ4v) is 2.56. The van der Waals surface area contributed by atoms with Gasteiger partial charge in [-0.2, -0.15) is 0 Å². The molecule has 0 spiro atoms. The number of halogens is 1. The van der Waals surface area contributed by atoms with Crippen molar-refractivity contribution in [1.82, 2.24) is 0 Å². The van der Waals surface area contributed by atoms with Crippen LogP contribution in [-0.4, -0.2) is 11.1 Å². The summed E-state index contributed by atoms with van der Waals surface area (Å²) in [4.78, 5) is 11.0. The van der Waals surface area contributed by atoms with Crippen LogP contribution in [0.15, 0.2) is 24.8 Å². The van der Waals surface area contributed by atoms with Gasteiger partial charge in [-0.1, -0.05) is 29.8 Å². The number of carboxylic acid groups (broad SMARTS) is 1. The van der Waals surface area contributed by atoms with E-state index in [1.165, 1.54) is 0 Å². The van der Waals surface area contributed by atoms with Gasteiger partial charge in [-0.3, -0.25) is 4.79 Å². The van der Waals surface area contributed by atoms with Gasteiger partial charge in [0.05, 0.1) is 6.42 Å². The maximum absolute atomic E-state index is 11.0. The highest BCUT2D eigenvalue weighted by atomic mass is 35.5. The van der Waals surface area contributed by atoms with Crippen molar-refractivity contribution in [2.45, 2.75) is 32.1 Å². The zero-order valence-corrected chi connectivity index (χ0v) is 11.2. The van der Waals surface area contributed by atoms with Crippen LogP contribution in [0.5, 0.6) is 0 Å². The second-order valence-electron chi connectivity index (χ2n) is 5.10. The standard InChI is InChI=1S/C15H17ClO2/c1-9(2)11-5-12(7-13(16)6-11)14(8-15(17)18)10-3-4-10/h5-7,10,14H,1,3-4,8H2,2H3,(H,17,18). The molecule has 1 aromatic carbocycles. The predicted molar refractivity (Wildman–Crippen MR) is 73.9 cm³/mol. The molecule has 1 atom stereocenters. The molecule has 0 aromatic heterocycles. The molecule has 0 amide bonds. The van der Waals surface area contributed by atoms with Crippen LogP contribution in [0.25, 0.3) is 5.57 Å². The molecule has 1 fully saturated rings. The van der Waals surface area contributed by atoms with Crippen molar-refractivity contribution in [2.24, 2.45) is 5.92 Å². The summed E-state index contributed by atoms with van der Waals surface area (Å²) in [5.74, 6) is -0.166. The molecular weight excluding hydrogens is 248 g/mol. The second kappa shape index (κ2) is 5.15. The average Bonchev–Trinajstić information content (AvgIpc) is 3.08. The van der Waals surface area contributed by atoms with Crippen LogP contribution < -0.4 is 0 Å². The van der Waals surface area contributed by atoms with Crippen LogP contribution in [0, 0.1) is 5.92 Å². The normalized spacial score (nSPS) is 16.3. The molecule has 1 unspecified atom stereocenters. The van der Waals surface area contributed by atoms with E-state index in [4.69, 9.17) is 16.7 Å². The number of hydrogen-bond donors (Lipinski definition) is 1. The van der Waals surface area contributed by atoms with E-state index in [0.29, 0.717) is 10.9 Å². The lowest BCUT2D eigenvalue weighted by molar-refractivity contribution is -0.137. The molecule has 2 rings (SSSR count). The van der Waals surface area contributed by atoms with Crippen LogP contribution >= 0.6 is 11.6 Å². The van der Waals surface area contributed by atoms with Crippen LogP contribution in [0.3, 0.4) is 0 Å². The Balaban J connectivity index is 2.34. The number of allylic oxidation sites excluding steroid dienone is 1. The third-order valence-corrected chi connectivity index (χ3v) is 3.64. The second-order valence-corrected chi connectivity index (χ2v) is 5.53. The molecule has 0 heterocycles. The SMILES string of the molecule is C=C(C)c1cc(Cl)cc(C(CC(=O)O)C2CC2)c1. The van der Waals surface area contributed by atoms with E-state index in [2.05, 4.69) is 6.58 Å². The van der Waals surface area contributed by atoms with Gasteiger partial charge in [-0.25, -0.2) is 0 Å². The van der Waals surface area contributed by atoms with E-state index in [9.17, 15) is 4.79 Å². The summed E-state index contributed by atoms with van der Waals surface area (Å²) in [5.41, 5.74) is 2.97. The van der Waals surface area contributed by atoms with Crippen LogP contribution in [0.2, 0.25) is 5.02 Å². The smallest absolute Gasteiger partial charge is 0.303 e. The average molecular weight is 265 g/mol. The maximum Gasteiger partial charge on any atom is 0.303 e. The summed E-state index contributed by atoms with van der Waals surface area (Å²) >= 11 is 6.11. The monoisotopic (exact) mass is 264 g/mol. The van der Waals surface area contributed by atoms with E-state index in [1.807, 2.05) is 25.1 Å². The fourth-order valence-electron chi connectivity index (χ4n) is 2.32. The lowest BCUT2D eigenvalue weighted by Crippen LogP contribution is -2.08. The first-order valence-corrected chi connectivity index (χ1v) is 6.53. The van der Waals surface area contributed by atoms with Gasteiger partial charge in [0.25, 0.3) is 0 Å². The molecule has 0 radical (unpaired) electrons. The summed E-state index contributed by atoms with van der Waals surface area (Å²) < 4.78 is 0. The molecule has 1 saturated carbocycles. The number of rotatable bonds is 5. The Kier molecular flexibility index (Phi) is 3.76. The van der Waals surface area contributed by atoms with Gasteiger partial charge in [-0.15, -0.1) is 0 Å². The number of aliphatic carboxylic acids is 1. The third kappa shape index (κ3) is 3.14. The highest BCUT2D eigenvalue weighted by molar-refractivity contribution is 6.30. The van der Waals surface area contributed by atoms with Gasteiger partial charge < -0.3 is 5.11 Å². The van der Waals surface area contributed by atoms with Crippen molar-refractivity contribution >= 4 is 23.1 Å². The number of hydrogen-bond acceptors (Lipinski definition) is 1. The van der Waals surface area contributed by atoms with Crippen molar-refractivity contribution in [1.29, 1.82) is 0 Å². The van der Waals surface area contributed by atoms with Crippen molar-refractivity contribution in [3.05, 3.63) is 40.9 Å². The number of benzene rings is 1. The van der Waals surface area contributed by atoms with Crippen LogP contribution in [-0.2, 0) is 4.79 Å². The minimum absolute atomic E-state index is 0.0827. The minimum atomic E-state index is -0.747. The van der Waals surface area contributed by atoms with Crippen LogP contribution in [0.1, 0.15) is 43.2 Å². The molecule has 0 aliphatic heterocycles. The molecule has 3 heteroatoms. The zero-order valence-electron chi connectivity index (χ0n) is 10.4. The summed E-state index contributed by atoms with van der Waals surface area (Å²) in [6, 6.07) is 5.79. The van der Waals surface area contributed by atoms with E-state index in [1.54, 1.807) is 0 Å². The molecule has 0 bridgehead atoms. The van der Waals surface area contributed by atoms with Crippen molar-refractivity contribution < 1.29 is 9.90 Å². The topological polar surface area (TPSA) is 37.3 Å². The number of carbonyl (C=O) groups is 1. The Labute approximate surface area is 112 Å². The minimum Gasteiger partial charge on any atom is -0.481 e. The largest absolute Gasteiger partial charge is 0.481 e. The van der Waals surface area contributed by atoms with E-state index < -0.39 is 5.97 Å². The van der Waals surface area contributed by atoms with Gasteiger partial charge in [0, 0.05) is 5.02 Å². The number of carboxylic acids is 1. The Bertz CT molecular complexity index is 489. The molecule has 1 aromatic rings. The van der Waals surface area contributed by atoms with Gasteiger partial charge in [-0.05, 0) is 54.9 Å². The molecule has 96 valence electrons. The first kappa shape index (κ1) is 13.2. The molecule has 1 aliphatic carbocycles. The predicted octanol–water partition coefficient (Wildman–Crippen LogP) is 4.34. The Hall–Kier alpha value is -1.28. The summed E-state index contributed by atoms with van der Waals surface area (Å²) in [6.45, 7) is 5.84. The third-order valence-electron chi connectivity index (χ3n) is 3.43. The van der Waals surface area contributed by atoms with E-state index in [-0.39, 0.29) is 12.3 Å². The first-order valence-electron chi connectivity index (χ1n) is 6.15. The Morgan fingerprint density at radius 2 is 2.17 bits per heavy atom. The molecule has 0 saturated heterocycles. The van der Waals surface area contributed by atoms with Gasteiger partial charge in [0.15, 0.2) is 0 Å². The Morgan fingerprint density at radius 1 is 1.50 bits per heavy atom. The van der Waals surface area contributed by atoms with Gasteiger partial charge >= 0.3 is 5.97 Å². The molecule has 1 N–H and O–H groups in total. The quantitative estimate of drug-likeness (QED) is 0.859. The molecule has 18 heavy (non-hydrogen) atoms. The molecule has 2 nitrogen and oxygen atoms in total. The van der Waals surface area contributed by atoms with Crippen molar-refractivity contribution in [3.8, 4) is 0 Å². The lowest BCUT2D eigenvalue weighted by atomic mass is 9.89. The lowest BCUT2D eigenvalue weighted by Gasteiger charge is -2.16. The fraction of sp³-hybridized carbons (Fsp3) is 0.400. The Morgan fingerprint density at radius 3 is 2.67 bits per heavy atom. The summed E-state index contributed by atoms with van der Waals surface area (Å²) in [7, 11) is 0. The maximum atomic E-state index is 11.0. The summed E-state index contributed by atoms with van der Waals surface area (Å²) in [5, 5.41) is 9.67. The van der Waals surface area contributed by atoms with Gasteiger partial charge in [0.2, 0.25) is 0 Å². The molecular formula is C15H17ClO2. The first-order chi connectivity index (χ1) is 8.47. The van der Waals surface area contributed by atoms with E-state index in [0.717, 1.165) is 29.5 Å².